The van der Waals surface area contributed by atoms with Crippen LogP contribution in [-0.4, -0.2) is 18.1 Å². The number of carbonyl (C=O) groups excluding carboxylic acids is 1. The van der Waals surface area contributed by atoms with E-state index in [1.165, 1.54) is 7.11 Å². The van der Waals surface area contributed by atoms with Crippen molar-refractivity contribution >= 4 is 40.2 Å². The van der Waals surface area contributed by atoms with Crippen LogP contribution in [0.1, 0.15) is 10.4 Å². The van der Waals surface area contributed by atoms with Gasteiger partial charge in [-0.15, -0.1) is 12.4 Å². The minimum atomic E-state index is -0.335. The van der Waals surface area contributed by atoms with Gasteiger partial charge in [-0.1, -0.05) is 24.3 Å². The lowest BCUT2D eigenvalue weighted by Gasteiger charge is -2.05. The standard InChI is InChI=1S/C15H11NO2.ClH/c1-18-15(17)11-6-4-8-14-12(11)9-10-5-2-3-7-13(10)16-14;/h2-9H,1H3;1H. The number of hydrogen-bond acceptors (Lipinski definition) is 3. The molecule has 0 amide bonds. The van der Waals surface area contributed by atoms with Crippen LogP contribution in [0.2, 0.25) is 0 Å². The minimum absolute atomic E-state index is 0. The molecule has 0 N–H and O–H groups in total. The Morgan fingerprint density at radius 3 is 2.58 bits per heavy atom. The number of methoxy groups -OCH3 is 1. The van der Waals surface area contributed by atoms with Gasteiger partial charge >= 0.3 is 5.97 Å². The number of pyridine rings is 1. The summed E-state index contributed by atoms with van der Waals surface area (Å²) >= 11 is 0. The Hall–Kier alpha value is -2.13. The maximum atomic E-state index is 11.7. The monoisotopic (exact) mass is 273 g/mol. The number of esters is 1. The van der Waals surface area contributed by atoms with Crippen molar-refractivity contribution in [3.8, 4) is 0 Å². The molecule has 0 aliphatic heterocycles. The van der Waals surface area contributed by atoms with Crippen molar-refractivity contribution in [2.45, 2.75) is 0 Å². The number of rotatable bonds is 1. The molecule has 0 spiro atoms. The summed E-state index contributed by atoms with van der Waals surface area (Å²) < 4.78 is 4.79. The van der Waals surface area contributed by atoms with Crippen LogP contribution in [0.5, 0.6) is 0 Å². The number of carbonyl (C=O) groups is 1. The molecule has 1 aromatic heterocycles. The Morgan fingerprint density at radius 2 is 1.79 bits per heavy atom. The average molecular weight is 274 g/mol. The summed E-state index contributed by atoms with van der Waals surface area (Å²) in [4.78, 5) is 16.3. The van der Waals surface area contributed by atoms with Gasteiger partial charge in [0.1, 0.15) is 0 Å². The first kappa shape index (κ1) is 13.3. The topological polar surface area (TPSA) is 39.2 Å². The lowest BCUT2D eigenvalue weighted by atomic mass is 10.1. The maximum Gasteiger partial charge on any atom is 0.338 e. The van der Waals surface area contributed by atoms with E-state index in [-0.39, 0.29) is 18.4 Å². The number of para-hydroxylation sites is 1. The first-order valence-electron chi connectivity index (χ1n) is 5.66. The molecule has 4 heteroatoms. The lowest BCUT2D eigenvalue weighted by molar-refractivity contribution is 0.0603. The Bertz CT molecular complexity index is 755. The highest BCUT2D eigenvalue weighted by molar-refractivity contribution is 6.06. The van der Waals surface area contributed by atoms with Crippen LogP contribution in [0.3, 0.4) is 0 Å². The number of ether oxygens (including phenoxy) is 1. The third kappa shape index (κ3) is 2.25. The number of fused-ring (bicyclic) bond motifs is 2. The second-order valence-electron chi connectivity index (χ2n) is 4.04. The van der Waals surface area contributed by atoms with Gasteiger partial charge < -0.3 is 4.74 Å². The van der Waals surface area contributed by atoms with E-state index >= 15 is 0 Å². The van der Waals surface area contributed by atoms with E-state index < -0.39 is 0 Å². The highest BCUT2D eigenvalue weighted by atomic mass is 35.5. The molecule has 0 aliphatic rings. The summed E-state index contributed by atoms with van der Waals surface area (Å²) in [5.41, 5.74) is 2.27. The predicted molar refractivity (Wildman–Crippen MR) is 77.8 cm³/mol. The number of nitrogens with zero attached hydrogens (tertiary/aromatic N) is 1. The van der Waals surface area contributed by atoms with Crippen LogP contribution in [-0.2, 0) is 4.74 Å². The lowest BCUT2D eigenvalue weighted by Crippen LogP contribution is -2.02. The summed E-state index contributed by atoms with van der Waals surface area (Å²) in [7, 11) is 1.38. The summed E-state index contributed by atoms with van der Waals surface area (Å²) in [5, 5.41) is 1.84. The SMILES string of the molecule is COC(=O)c1cccc2nc3ccccc3cc12.Cl. The van der Waals surface area contributed by atoms with Crippen molar-refractivity contribution in [1.29, 1.82) is 0 Å². The maximum absolute atomic E-state index is 11.7. The Morgan fingerprint density at radius 1 is 1.05 bits per heavy atom. The molecule has 0 radical (unpaired) electrons. The summed E-state index contributed by atoms with van der Waals surface area (Å²) in [5.74, 6) is -0.335. The first-order valence-corrected chi connectivity index (χ1v) is 5.66. The molecule has 0 unspecified atom stereocenters. The molecule has 96 valence electrons. The molecule has 2 aromatic carbocycles. The average Bonchev–Trinajstić information content (AvgIpc) is 2.43. The van der Waals surface area contributed by atoms with Gasteiger partial charge in [0.25, 0.3) is 0 Å². The fourth-order valence-electron chi connectivity index (χ4n) is 2.09. The minimum Gasteiger partial charge on any atom is -0.465 e. The molecular weight excluding hydrogens is 262 g/mol. The molecule has 0 fully saturated rings. The highest BCUT2D eigenvalue weighted by Gasteiger charge is 2.11. The molecule has 19 heavy (non-hydrogen) atoms. The smallest absolute Gasteiger partial charge is 0.338 e. The quantitative estimate of drug-likeness (QED) is 0.502. The van der Waals surface area contributed by atoms with Crippen molar-refractivity contribution in [2.24, 2.45) is 0 Å². The third-order valence-corrected chi connectivity index (χ3v) is 2.97. The molecule has 3 rings (SSSR count). The second-order valence-corrected chi connectivity index (χ2v) is 4.04. The number of aromatic nitrogens is 1. The van der Waals surface area contributed by atoms with Crippen LogP contribution >= 0.6 is 12.4 Å². The van der Waals surface area contributed by atoms with E-state index in [2.05, 4.69) is 4.98 Å². The number of hydrogen-bond donors (Lipinski definition) is 0. The molecule has 0 saturated heterocycles. The molecule has 3 nitrogen and oxygen atoms in total. The summed E-state index contributed by atoms with van der Waals surface area (Å²) in [6, 6.07) is 15.3. The van der Waals surface area contributed by atoms with E-state index in [4.69, 9.17) is 4.74 Å². The van der Waals surface area contributed by atoms with Crippen LogP contribution in [0.15, 0.2) is 48.5 Å². The fourth-order valence-corrected chi connectivity index (χ4v) is 2.09. The van der Waals surface area contributed by atoms with Gasteiger partial charge in [0.2, 0.25) is 0 Å². The van der Waals surface area contributed by atoms with E-state index in [0.29, 0.717) is 5.56 Å². The van der Waals surface area contributed by atoms with E-state index in [1.54, 1.807) is 6.07 Å². The Balaban J connectivity index is 0.00000133. The number of halogens is 1. The van der Waals surface area contributed by atoms with E-state index in [1.807, 2.05) is 42.5 Å². The Kier molecular flexibility index (Phi) is 3.67. The van der Waals surface area contributed by atoms with Crippen molar-refractivity contribution in [3.63, 3.8) is 0 Å². The second kappa shape index (κ2) is 5.24. The predicted octanol–water partition coefficient (Wildman–Crippen LogP) is 3.60. The van der Waals surface area contributed by atoms with Gasteiger partial charge in [0.15, 0.2) is 0 Å². The molecule has 0 saturated carbocycles. The fraction of sp³-hybridized carbons (Fsp3) is 0.0667. The van der Waals surface area contributed by atoms with Crippen LogP contribution in [0, 0.1) is 0 Å². The molecule has 0 aliphatic carbocycles. The van der Waals surface area contributed by atoms with Gasteiger partial charge in [-0.2, -0.15) is 0 Å². The Labute approximate surface area is 116 Å². The first-order chi connectivity index (χ1) is 8.79. The van der Waals surface area contributed by atoms with Crippen molar-refractivity contribution in [3.05, 3.63) is 54.1 Å². The van der Waals surface area contributed by atoms with Crippen LogP contribution in [0.25, 0.3) is 21.8 Å². The third-order valence-electron chi connectivity index (χ3n) is 2.97. The van der Waals surface area contributed by atoms with Gasteiger partial charge in [-0.25, -0.2) is 9.78 Å². The zero-order valence-corrected chi connectivity index (χ0v) is 11.1. The molecule has 0 bridgehead atoms. The zero-order valence-electron chi connectivity index (χ0n) is 10.3. The van der Waals surface area contributed by atoms with Crippen LogP contribution < -0.4 is 0 Å². The molecular formula is C15H12ClNO2. The normalized spacial score (nSPS) is 10.2. The van der Waals surface area contributed by atoms with Gasteiger partial charge in [-0.3, -0.25) is 0 Å². The van der Waals surface area contributed by atoms with Crippen molar-refractivity contribution in [1.82, 2.24) is 4.98 Å². The largest absolute Gasteiger partial charge is 0.465 e. The highest BCUT2D eigenvalue weighted by Crippen LogP contribution is 2.23. The van der Waals surface area contributed by atoms with E-state index in [0.717, 1.165) is 21.8 Å². The zero-order chi connectivity index (χ0) is 12.5. The van der Waals surface area contributed by atoms with Gasteiger partial charge in [-0.05, 0) is 24.3 Å². The number of benzene rings is 2. The molecule has 3 aromatic rings. The molecule has 1 heterocycles. The summed E-state index contributed by atoms with van der Waals surface area (Å²) in [6.07, 6.45) is 0. The van der Waals surface area contributed by atoms with Crippen molar-refractivity contribution < 1.29 is 9.53 Å². The van der Waals surface area contributed by atoms with Gasteiger partial charge in [0, 0.05) is 10.8 Å². The van der Waals surface area contributed by atoms with Crippen molar-refractivity contribution in [2.75, 3.05) is 7.11 Å². The van der Waals surface area contributed by atoms with E-state index in [9.17, 15) is 4.79 Å². The van der Waals surface area contributed by atoms with Gasteiger partial charge in [0.05, 0.1) is 23.7 Å². The summed E-state index contributed by atoms with van der Waals surface area (Å²) in [6.45, 7) is 0. The van der Waals surface area contributed by atoms with Crippen LogP contribution in [0.4, 0.5) is 0 Å². The molecule has 0 atom stereocenters.